The number of benzene rings is 1. The maximum atomic E-state index is 12.5. The van der Waals surface area contributed by atoms with Crippen LogP contribution >= 0.6 is 11.6 Å². The van der Waals surface area contributed by atoms with Crippen molar-refractivity contribution in [3.8, 4) is 0 Å². The second-order valence-electron chi connectivity index (χ2n) is 5.27. The van der Waals surface area contributed by atoms with Crippen molar-refractivity contribution in [2.75, 3.05) is 6.54 Å². The third-order valence-electron chi connectivity index (χ3n) is 3.95. The number of nitrogens with zero attached hydrogens (tertiary/aromatic N) is 1. The number of aliphatic carboxylic acids is 1. The number of hydrogen-bond acceptors (Lipinski definition) is 2. The Morgan fingerprint density at radius 2 is 2.00 bits per heavy atom. The third-order valence-corrected chi connectivity index (χ3v) is 4.19. The second-order valence-corrected chi connectivity index (χ2v) is 5.70. The molecule has 0 bridgehead atoms. The summed E-state index contributed by atoms with van der Waals surface area (Å²) in [4.78, 5) is 25.3. The van der Waals surface area contributed by atoms with Crippen LogP contribution in [0.4, 0.5) is 0 Å². The number of rotatable bonds is 3. The Morgan fingerprint density at radius 3 is 2.62 bits per heavy atom. The molecule has 1 aromatic carbocycles. The molecule has 0 radical (unpaired) electrons. The van der Waals surface area contributed by atoms with Crippen molar-refractivity contribution in [1.82, 2.24) is 4.90 Å². The molecule has 5 heteroatoms. The Balaban J connectivity index is 2.29. The number of hydrogen-bond donors (Lipinski definition) is 1. The fourth-order valence-corrected chi connectivity index (χ4v) is 2.81. The Morgan fingerprint density at radius 1 is 1.29 bits per heavy atom. The molecule has 0 saturated carbocycles. The molecule has 112 valence electrons. The zero-order chi connectivity index (χ0) is 15.6. The van der Waals surface area contributed by atoms with Crippen LogP contribution < -0.4 is 0 Å². The minimum atomic E-state index is -1.06. The zero-order valence-corrected chi connectivity index (χ0v) is 12.9. The topological polar surface area (TPSA) is 57.6 Å². The van der Waals surface area contributed by atoms with Gasteiger partial charge in [0, 0.05) is 22.7 Å². The number of amides is 1. The van der Waals surface area contributed by atoms with Gasteiger partial charge in [0.15, 0.2) is 0 Å². The molecule has 1 aliphatic rings. The highest BCUT2D eigenvalue weighted by molar-refractivity contribution is 6.30. The van der Waals surface area contributed by atoms with Crippen molar-refractivity contribution >= 4 is 23.5 Å². The van der Waals surface area contributed by atoms with E-state index >= 15 is 0 Å². The molecule has 1 amide bonds. The van der Waals surface area contributed by atoms with Gasteiger partial charge in [0.1, 0.15) is 0 Å². The first-order valence-electron chi connectivity index (χ1n) is 6.89. The number of halogens is 1. The molecule has 1 unspecified atom stereocenters. The Kier molecular flexibility index (Phi) is 4.68. The van der Waals surface area contributed by atoms with Gasteiger partial charge in [0.2, 0.25) is 0 Å². The molecule has 1 N–H and O–H groups in total. The van der Waals surface area contributed by atoms with Gasteiger partial charge >= 0.3 is 5.97 Å². The first kappa shape index (κ1) is 15.6. The molecule has 0 aromatic heterocycles. The van der Waals surface area contributed by atoms with Gasteiger partial charge in [0.25, 0.3) is 5.91 Å². The molecule has 1 saturated heterocycles. The summed E-state index contributed by atoms with van der Waals surface area (Å²) in [5, 5.41) is 9.66. The average molecular weight is 308 g/mol. The molecule has 21 heavy (non-hydrogen) atoms. The molecule has 1 atom stereocenters. The lowest BCUT2D eigenvalue weighted by Gasteiger charge is -2.26. The van der Waals surface area contributed by atoms with E-state index in [-0.39, 0.29) is 23.1 Å². The third kappa shape index (κ3) is 3.27. The van der Waals surface area contributed by atoms with Crippen LogP contribution in [0.25, 0.3) is 0 Å². The Hall–Kier alpha value is -1.81. The van der Waals surface area contributed by atoms with Gasteiger partial charge in [-0.15, -0.1) is 0 Å². The van der Waals surface area contributed by atoms with Gasteiger partial charge in [-0.05, 0) is 44.4 Å². The number of carbonyl (C=O) groups is 2. The summed E-state index contributed by atoms with van der Waals surface area (Å²) >= 11 is 6.01. The lowest BCUT2D eigenvalue weighted by atomic mass is 10.0. The normalized spacial score (nSPS) is 19.4. The highest BCUT2D eigenvalue weighted by Crippen LogP contribution is 2.34. The largest absolute Gasteiger partial charge is 0.478 e. The van der Waals surface area contributed by atoms with Crippen molar-refractivity contribution in [1.29, 1.82) is 0 Å². The SMILES string of the molecule is CC(C(=O)O)=C(C)C(=O)N1CCCC1c1cccc(Cl)c1. The minimum Gasteiger partial charge on any atom is -0.478 e. The predicted molar refractivity (Wildman–Crippen MR) is 81.1 cm³/mol. The van der Waals surface area contributed by atoms with E-state index in [0.29, 0.717) is 11.6 Å². The number of carbonyl (C=O) groups excluding carboxylic acids is 1. The summed E-state index contributed by atoms with van der Waals surface area (Å²) in [6.45, 7) is 3.67. The number of likely N-dealkylation sites (tertiary alicyclic amines) is 1. The van der Waals surface area contributed by atoms with Crippen molar-refractivity contribution in [3.05, 3.63) is 46.0 Å². The van der Waals surface area contributed by atoms with E-state index in [0.717, 1.165) is 18.4 Å². The summed E-state index contributed by atoms with van der Waals surface area (Å²) in [6.07, 6.45) is 1.77. The minimum absolute atomic E-state index is 0.0345. The van der Waals surface area contributed by atoms with E-state index in [2.05, 4.69) is 0 Å². The van der Waals surface area contributed by atoms with Gasteiger partial charge < -0.3 is 10.0 Å². The first-order chi connectivity index (χ1) is 9.91. The molecule has 1 aliphatic heterocycles. The maximum absolute atomic E-state index is 12.5. The van der Waals surface area contributed by atoms with Crippen LogP contribution in [-0.4, -0.2) is 28.4 Å². The highest BCUT2D eigenvalue weighted by atomic mass is 35.5. The number of carboxylic acid groups (broad SMARTS) is 1. The van der Waals surface area contributed by atoms with E-state index in [9.17, 15) is 9.59 Å². The van der Waals surface area contributed by atoms with Crippen molar-refractivity contribution in [2.24, 2.45) is 0 Å². The van der Waals surface area contributed by atoms with E-state index in [4.69, 9.17) is 16.7 Å². The molecule has 1 fully saturated rings. The summed E-state index contributed by atoms with van der Waals surface area (Å²) in [7, 11) is 0. The van der Waals surface area contributed by atoms with Gasteiger partial charge in [0.05, 0.1) is 6.04 Å². The van der Waals surface area contributed by atoms with E-state index in [1.807, 2.05) is 18.2 Å². The molecular weight excluding hydrogens is 290 g/mol. The zero-order valence-electron chi connectivity index (χ0n) is 12.1. The standard InChI is InChI=1S/C16H18ClNO3/c1-10(11(2)16(20)21)15(19)18-8-4-7-14(18)12-5-3-6-13(17)9-12/h3,5-6,9,14H,4,7-8H2,1-2H3,(H,20,21). The van der Waals surface area contributed by atoms with Gasteiger partial charge in [-0.1, -0.05) is 23.7 Å². The number of carboxylic acids is 1. The van der Waals surface area contributed by atoms with E-state index < -0.39 is 5.97 Å². The Bertz CT molecular complexity index is 609. The monoisotopic (exact) mass is 307 g/mol. The molecule has 0 spiro atoms. The molecule has 4 nitrogen and oxygen atoms in total. The molecular formula is C16H18ClNO3. The first-order valence-corrected chi connectivity index (χ1v) is 7.27. The highest BCUT2D eigenvalue weighted by Gasteiger charge is 2.31. The van der Waals surface area contributed by atoms with Gasteiger partial charge in [-0.25, -0.2) is 4.79 Å². The van der Waals surface area contributed by atoms with Crippen molar-refractivity contribution < 1.29 is 14.7 Å². The predicted octanol–water partition coefficient (Wildman–Crippen LogP) is 3.42. The fraction of sp³-hybridized carbons (Fsp3) is 0.375. The fourth-order valence-electron chi connectivity index (χ4n) is 2.61. The summed E-state index contributed by atoms with van der Waals surface area (Å²) in [5.41, 5.74) is 1.38. The molecule has 1 aromatic rings. The van der Waals surface area contributed by atoms with Crippen LogP contribution in [0.5, 0.6) is 0 Å². The van der Waals surface area contributed by atoms with Gasteiger partial charge in [-0.2, -0.15) is 0 Å². The Labute approximate surface area is 129 Å². The average Bonchev–Trinajstić information content (AvgIpc) is 2.94. The lowest BCUT2D eigenvalue weighted by Crippen LogP contribution is -2.32. The van der Waals surface area contributed by atoms with Crippen LogP contribution in [0.3, 0.4) is 0 Å². The molecule has 1 heterocycles. The van der Waals surface area contributed by atoms with E-state index in [1.54, 1.807) is 17.9 Å². The van der Waals surface area contributed by atoms with Crippen LogP contribution in [0, 0.1) is 0 Å². The van der Waals surface area contributed by atoms with Crippen LogP contribution in [-0.2, 0) is 9.59 Å². The van der Waals surface area contributed by atoms with Crippen molar-refractivity contribution in [2.45, 2.75) is 32.7 Å². The summed E-state index contributed by atoms with van der Waals surface area (Å²) in [5.74, 6) is -1.27. The maximum Gasteiger partial charge on any atom is 0.331 e. The molecule has 0 aliphatic carbocycles. The summed E-state index contributed by atoms with van der Waals surface area (Å²) < 4.78 is 0. The van der Waals surface area contributed by atoms with Crippen LogP contribution in [0.1, 0.15) is 38.3 Å². The van der Waals surface area contributed by atoms with Crippen molar-refractivity contribution in [3.63, 3.8) is 0 Å². The quantitative estimate of drug-likeness (QED) is 0.870. The van der Waals surface area contributed by atoms with E-state index in [1.165, 1.54) is 6.92 Å². The van der Waals surface area contributed by atoms with Crippen LogP contribution in [0.15, 0.2) is 35.4 Å². The smallest absolute Gasteiger partial charge is 0.331 e. The molecule has 2 rings (SSSR count). The lowest BCUT2D eigenvalue weighted by molar-refractivity contribution is -0.134. The van der Waals surface area contributed by atoms with Crippen LogP contribution in [0.2, 0.25) is 5.02 Å². The second kappa shape index (κ2) is 6.31. The van der Waals surface area contributed by atoms with Gasteiger partial charge in [-0.3, -0.25) is 4.79 Å². The summed E-state index contributed by atoms with van der Waals surface area (Å²) in [6, 6.07) is 7.44.